The first kappa shape index (κ1) is 19.4. The SMILES string of the molecule is COC(=O)C1CCN(C(=O)c2cccnc2Sc2ccc(C)cc2C)CC1. The monoisotopic (exact) mass is 384 g/mol. The Labute approximate surface area is 164 Å². The van der Waals surface area contributed by atoms with Crippen molar-refractivity contribution in [1.82, 2.24) is 9.88 Å². The number of carbonyl (C=O) groups excluding carboxylic acids is 2. The Morgan fingerprint density at radius 1 is 1.19 bits per heavy atom. The summed E-state index contributed by atoms with van der Waals surface area (Å²) < 4.78 is 4.82. The average Bonchev–Trinajstić information content (AvgIpc) is 2.69. The van der Waals surface area contributed by atoms with Crippen molar-refractivity contribution >= 4 is 23.6 Å². The Hall–Kier alpha value is -2.34. The van der Waals surface area contributed by atoms with Crippen LogP contribution in [0.5, 0.6) is 0 Å². The van der Waals surface area contributed by atoms with Crippen LogP contribution in [0, 0.1) is 19.8 Å². The average molecular weight is 385 g/mol. The minimum Gasteiger partial charge on any atom is -0.469 e. The quantitative estimate of drug-likeness (QED) is 0.749. The van der Waals surface area contributed by atoms with E-state index in [2.05, 4.69) is 37.0 Å². The van der Waals surface area contributed by atoms with Gasteiger partial charge in [-0.3, -0.25) is 9.59 Å². The lowest BCUT2D eigenvalue weighted by Gasteiger charge is -2.31. The van der Waals surface area contributed by atoms with Crippen molar-refractivity contribution < 1.29 is 14.3 Å². The zero-order chi connectivity index (χ0) is 19.4. The summed E-state index contributed by atoms with van der Waals surface area (Å²) in [6, 6.07) is 9.88. The second-order valence-electron chi connectivity index (χ2n) is 6.82. The van der Waals surface area contributed by atoms with Crippen molar-refractivity contribution in [2.75, 3.05) is 20.2 Å². The van der Waals surface area contributed by atoms with Crippen LogP contribution in [0.3, 0.4) is 0 Å². The summed E-state index contributed by atoms with van der Waals surface area (Å²) >= 11 is 1.52. The summed E-state index contributed by atoms with van der Waals surface area (Å²) in [6.07, 6.45) is 2.99. The lowest BCUT2D eigenvalue weighted by atomic mass is 9.96. The van der Waals surface area contributed by atoms with Crippen molar-refractivity contribution in [1.29, 1.82) is 0 Å². The maximum Gasteiger partial charge on any atom is 0.308 e. The van der Waals surface area contributed by atoms with Gasteiger partial charge in [-0.05, 0) is 50.5 Å². The molecule has 2 aromatic rings. The molecule has 3 rings (SSSR count). The maximum atomic E-state index is 13.1. The molecule has 0 radical (unpaired) electrons. The molecule has 0 unspecified atom stereocenters. The zero-order valence-electron chi connectivity index (χ0n) is 15.9. The molecule has 0 bridgehead atoms. The van der Waals surface area contributed by atoms with E-state index in [-0.39, 0.29) is 17.8 Å². The smallest absolute Gasteiger partial charge is 0.308 e. The first-order chi connectivity index (χ1) is 13.0. The number of aryl methyl sites for hydroxylation is 2. The van der Waals surface area contributed by atoms with Crippen molar-refractivity contribution in [3.05, 3.63) is 53.2 Å². The van der Waals surface area contributed by atoms with Gasteiger partial charge in [-0.2, -0.15) is 0 Å². The van der Waals surface area contributed by atoms with Gasteiger partial charge < -0.3 is 9.64 Å². The van der Waals surface area contributed by atoms with Gasteiger partial charge in [0.2, 0.25) is 0 Å². The maximum absolute atomic E-state index is 13.1. The molecule has 1 aromatic heterocycles. The van der Waals surface area contributed by atoms with Crippen LogP contribution in [-0.2, 0) is 9.53 Å². The van der Waals surface area contributed by atoms with Gasteiger partial charge in [-0.25, -0.2) is 4.98 Å². The fraction of sp³-hybridized carbons (Fsp3) is 0.381. The van der Waals surface area contributed by atoms with Crippen LogP contribution >= 0.6 is 11.8 Å². The molecule has 1 aromatic carbocycles. The lowest BCUT2D eigenvalue weighted by molar-refractivity contribution is -0.146. The summed E-state index contributed by atoms with van der Waals surface area (Å²) in [7, 11) is 1.41. The number of methoxy groups -OCH3 is 1. The van der Waals surface area contributed by atoms with Crippen LogP contribution in [0.4, 0.5) is 0 Å². The van der Waals surface area contributed by atoms with Gasteiger partial charge in [0.1, 0.15) is 5.03 Å². The predicted molar refractivity (Wildman–Crippen MR) is 105 cm³/mol. The number of rotatable bonds is 4. The van der Waals surface area contributed by atoms with Crippen LogP contribution in [0.1, 0.15) is 34.3 Å². The molecule has 1 aliphatic heterocycles. The second kappa shape index (κ2) is 8.57. The molecule has 27 heavy (non-hydrogen) atoms. The third-order valence-corrected chi connectivity index (χ3v) is 6.05. The summed E-state index contributed by atoms with van der Waals surface area (Å²) in [6.45, 7) is 5.24. The molecule has 0 spiro atoms. The Bertz CT molecular complexity index is 845. The molecule has 6 heteroatoms. The highest BCUT2D eigenvalue weighted by Gasteiger charge is 2.29. The van der Waals surface area contributed by atoms with Gasteiger partial charge >= 0.3 is 5.97 Å². The third-order valence-electron chi connectivity index (χ3n) is 4.86. The van der Waals surface area contributed by atoms with E-state index < -0.39 is 0 Å². The largest absolute Gasteiger partial charge is 0.469 e. The first-order valence-corrected chi connectivity index (χ1v) is 9.88. The summed E-state index contributed by atoms with van der Waals surface area (Å²) in [5.74, 6) is -0.328. The number of benzene rings is 1. The second-order valence-corrected chi connectivity index (χ2v) is 7.85. The van der Waals surface area contributed by atoms with E-state index in [4.69, 9.17) is 4.74 Å². The molecular weight excluding hydrogens is 360 g/mol. The molecule has 1 amide bonds. The van der Waals surface area contributed by atoms with Crippen LogP contribution < -0.4 is 0 Å². The van der Waals surface area contributed by atoms with Gasteiger partial charge in [0.15, 0.2) is 0 Å². The Morgan fingerprint density at radius 2 is 1.93 bits per heavy atom. The van der Waals surface area contributed by atoms with Gasteiger partial charge in [-0.15, -0.1) is 0 Å². The molecule has 1 saturated heterocycles. The number of piperidine rings is 1. The first-order valence-electron chi connectivity index (χ1n) is 9.07. The molecule has 5 nitrogen and oxygen atoms in total. The number of pyridine rings is 1. The fourth-order valence-corrected chi connectivity index (χ4v) is 4.25. The van der Waals surface area contributed by atoms with E-state index >= 15 is 0 Å². The van der Waals surface area contributed by atoms with Gasteiger partial charge in [-0.1, -0.05) is 29.5 Å². The number of carbonyl (C=O) groups is 2. The Balaban J connectivity index is 1.76. The molecule has 1 aliphatic rings. The number of nitrogens with zero attached hydrogens (tertiary/aromatic N) is 2. The number of amides is 1. The number of ether oxygens (including phenoxy) is 1. The highest BCUT2D eigenvalue weighted by molar-refractivity contribution is 7.99. The summed E-state index contributed by atoms with van der Waals surface area (Å²) in [5.41, 5.74) is 2.99. The van der Waals surface area contributed by atoms with Crippen LogP contribution in [0.2, 0.25) is 0 Å². The number of hydrogen-bond donors (Lipinski definition) is 0. The normalized spacial score (nSPS) is 14.9. The third kappa shape index (κ3) is 4.50. The Kier molecular flexibility index (Phi) is 6.16. The van der Waals surface area contributed by atoms with E-state index in [1.165, 1.54) is 30.0 Å². The highest BCUT2D eigenvalue weighted by atomic mass is 32.2. The number of likely N-dealkylation sites (tertiary alicyclic amines) is 1. The van der Waals surface area contributed by atoms with Crippen LogP contribution in [-0.4, -0.2) is 42.0 Å². The Morgan fingerprint density at radius 3 is 2.59 bits per heavy atom. The molecule has 142 valence electrons. The van der Waals surface area contributed by atoms with E-state index in [1.807, 2.05) is 11.0 Å². The van der Waals surface area contributed by atoms with Gasteiger partial charge in [0, 0.05) is 24.2 Å². The zero-order valence-corrected chi connectivity index (χ0v) is 16.7. The number of aromatic nitrogens is 1. The topological polar surface area (TPSA) is 59.5 Å². The minimum atomic E-state index is -0.186. The van der Waals surface area contributed by atoms with Crippen molar-refractivity contribution in [2.24, 2.45) is 5.92 Å². The van der Waals surface area contributed by atoms with Crippen molar-refractivity contribution in [2.45, 2.75) is 36.6 Å². The predicted octanol–water partition coefficient (Wildman–Crippen LogP) is 3.87. The lowest BCUT2D eigenvalue weighted by Crippen LogP contribution is -2.40. The van der Waals surface area contributed by atoms with E-state index in [0.29, 0.717) is 36.5 Å². The molecule has 0 saturated carbocycles. The van der Waals surface area contributed by atoms with Gasteiger partial charge in [0.25, 0.3) is 5.91 Å². The summed E-state index contributed by atoms with van der Waals surface area (Å²) in [5, 5.41) is 0.713. The molecule has 2 heterocycles. The molecular formula is C21H24N2O3S. The van der Waals surface area contributed by atoms with Crippen LogP contribution in [0.15, 0.2) is 46.5 Å². The van der Waals surface area contributed by atoms with E-state index in [0.717, 1.165) is 4.90 Å². The van der Waals surface area contributed by atoms with Crippen LogP contribution in [0.25, 0.3) is 0 Å². The molecule has 1 fully saturated rings. The van der Waals surface area contributed by atoms with E-state index in [1.54, 1.807) is 12.3 Å². The molecule has 0 atom stereocenters. The molecule has 0 N–H and O–H groups in total. The fourth-order valence-electron chi connectivity index (χ4n) is 3.31. The molecule has 0 aliphatic carbocycles. The number of hydrogen-bond acceptors (Lipinski definition) is 5. The minimum absolute atomic E-state index is 0.0290. The number of esters is 1. The van der Waals surface area contributed by atoms with Gasteiger partial charge in [0.05, 0.1) is 18.6 Å². The summed E-state index contributed by atoms with van der Waals surface area (Å²) in [4.78, 5) is 32.1. The standard InChI is InChI=1S/C21H24N2O3S/c1-14-6-7-18(15(2)13-14)27-19-17(5-4-10-22-19)20(24)23-11-8-16(9-12-23)21(25)26-3/h4-7,10,13,16H,8-9,11-12H2,1-3H3. The van der Waals surface area contributed by atoms with E-state index in [9.17, 15) is 9.59 Å². The highest BCUT2D eigenvalue weighted by Crippen LogP contribution is 2.32. The van der Waals surface area contributed by atoms with Crippen molar-refractivity contribution in [3.8, 4) is 0 Å². The van der Waals surface area contributed by atoms with Crippen molar-refractivity contribution in [3.63, 3.8) is 0 Å².